The molecule has 0 aromatic heterocycles. The summed E-state index contributed by atoms with van der Waals surface area (Å²) >= 11 is 0. The quantitative estimate of drug-likeness (QED) is 0.576. The normalized spacial score (nSPS) is 10.5. The summed E-state index contributed by atoms with van der Waals surface area (Å²) in [4.78, 5) is 23.9. The van der Waals surface area contributed by atoms with Crippen LogP contribution < -0.4 is 0 Å². The highest BCUT2D eigenvalue weighted by Crippen LogP contribution is 2.05. The van der Waals surface area contributed by atoms with E-state index in [4.69, 9.17) is 0 Å². The summed E-state index contributed by atoms with van der Waals surface area (Å²) in [6, 6.07) is 7.09. The molecule has 1 rings (SSSR count). The summed E-state index contributed by atoms with van der Waals surface area (Å²) in [6.45, 7) is 5.33. The van der Waals surface area contributed by atoms with Gasteiger partial charge in [-0.05, 0) is 25.5 Å². The lowest BCUT2D eigenvalue weighted by molar-refractivity contribution is -0.125. The van der Waals surface area contributed by atoms with Crippen molar-refractivity contribution in [2.24, 2.45) is 0 Å². The molecule has 17 heavy (non-hydrogen) atoms. The molecule has 0 spiro atoms. The first-order valence-corrected chi connectivity index (χ1v) is 5.73. The number of nitrogens with zero attached hydrogens (tertiary/aromatic N) is 1. The van der Waals surface area contributed by atoms with Gasteiger partial charge in [0.2, 0.25) is 5.91 Å². The third-order valence-corrected chi connectivity index (χ3v) is 2.57. The molecule has 0 radical (unpaired) electrons. The SMILES string of the molecule is CCN(CC)C(=O)/C=C/c1ccc(C=O)cc1. The van der Waals surface area contributed by atoms with Gasteiger partial charge in [-0.25, -0.2) is 0 Å². The highest BCUT2D eigenvalue weighted by atomic mass is 16.2. The molecule has 90 valence electrons. The van der Waals surface area contributed by atoms with E-state index in [0.29, 0.717) is 18.7 Å². The molecule has 0 saturated carbocycles. The van der Waals surface area contributed by atoms with Crippen molar-refractivity contribution in [2.45, 2.75) is 13.8 Å². The number of likely N-dealkylation sites (N-methyl/N-ethyl adjacent to an activating group) is 1. The zero-order chi connectivity index (χ0) is 12.7. The van der Waals surface area contributed by atoms with Crippen molar-refractivity contribution in [3.63, 3.8) is 0 Å². The number of amides is 1. The zero-order valence-electron chi connectivity index (χ0n) is 10.2. The number of benzene rings is 1. The summed E-state index contributed by atoms with van der Waals surface area (Å²) in [6.07, 6.45) is 4.12. The lowest BCUT2D eigenvalue weighted by atomic mass is 10.1. The highest BCUT2D eigenvalue weighted by Gasteiger charge is 2.04. The van der Waals surface area contributed by atoms with E-state index in [2.05, 4.69) is 0 Å². The van der Waals surface area contributed by atoms with Crippen LogP contribution in [0, 0.1) is 0 Å². The van der Waals surface area contributed by atoms with Crippen LogP contribution in [0.5, 0.6) is 0 Å². The van der Waals surface area contributed by atoms with Crippen LogP contribution in [0.1, 0.15) is 29.8 Å². The van der Waals surface area contributed by atoms with Crippen molar-refractivity contribution < 1.29 is 9.59 Å². The summed E-state index contributed by atoms with van der Waals surface area (Å²) in [5.74, 6) is 0.00876. The van der Waals surface area contributed by atoms with E-state index in [1.165, 1.54) is 0 Å². The summed E-state index contributed by atoms with van der Waals surface area (Å²) in [7, 11) is 0. The zero-order valence-corrected chi connectivity index (χ0v) is 10.2. The van der Waals surface area contributed by atoms with Gasteiger partial charge in [-0.2, -0.15) is 0 Å². The predicted molar refractivity (Wildman–Crippen MR) is 68.8 cm³/mol. The van der Waals surface area contributed by atoms with Crippen molar-refractivity contribution >= 4 is 18.3 Å². The molecule has 0 aliphatic carbocycles. The molecule has 0 saturated heterocycles. The number of hydrogen-bond acceptors (Lipinski definition) is 2. The molecule has 1 aromatic rings. The van der Waals surface area contributed by atoms with Gasteiger partial charge in [0.05, 0.1) is 0 Å². The molecule has 1 aromatic carbocycles. The minimum Gasteiger partial charge on any atom is -0.340 e. The van der Waals surface area contributed by atoms with Gasteiger partial charge in [-0.3, -0.25) is 9.59 Å². The van der Waals surface area contributed by atoms with Gasteiger partial charge in [0.15, 0.2) is 0 Å². The fraction of sp³-hybridized carbons (Fsp3) is 0.286. The lowest BCUT2D eigenvalue weighted by Gasteiger charge is -2.15. The van der Waals surface area contributed by atoms with E-state index in [1.807, 2.05) is 26.0 Å². The average molecular weight is 231 g/mol. The molecule has 0 bridgehead atoms. The molecule has 3 heteroatoms. The standard InChI is InChI=1S/C14H17NO2/c1-3-15(4-2)14(17)10-9-12-5-7-13(11-16)8-6-12/h5-11H,3-4H2,1-2H3/b10-9+. The largest absolute Gasteiger partial charge is 0.340 e. The van der Waals surface area contributed by atoms with Crippen LogP contribution in [0.15, 0.2) is 30.3 Å². The van der Waals surface area contributed by atoms with Gasteiger partial charge < -0.3 is 4.90 Å². The summed E-state index contributed by atoms with van der Waals surface area (Å²) in [5.41, 5.74) is 1.55. The Bertz CT molecular complexity index is 403. The maximum atomic E-state index is 11.7. The van der Waals surface area contributed by atoms with Crippen molar-refractivity contribution in [1.82, 2.24) is 4.90 Å². The molecule has 1 amide bonds. The molecular formula is C14H17NO2. The minimum atomic E-state index is 0.00876. The molecule has 0 heterocycles. The van der Waals surface area contributed by atoms with Crippen LogP contribution in [-0.4, -0.2) is 30.2 Å². The number of hydrogen-bond donors (Lipinski definition) is 0. The fourth-order valence-electron chi connectivity index (χ4n) is 1.49. The van der Waals surface area contributed by atoms with Crippen LogP contribution >= 0.6 is 0 Å². The van der Waals surface area contributed by atoms with E-state index in [0.717, 1.165) is 11.8 Å². The van der Waals surface area contributed by atoms with Gasteiger partial charge in [-0.1, -0.05) is 24.3 Å². The predicted octanol–water partition coefficient (Wildman–Crippen LogP) is 2.38. The van der Waals surface area contributed by atoms with Crippen LogP contribution in [0.4, 0.5) is 0 Å². The van der Waals surface area contributed by atoms with Gasteiger partial charge >= 0.3 is 0 Å². The number of aldehydes is 1. The molecule has 0 atom stereocenters. The Morgan fingerprint density at radius 2 is 1.65 bits per heavy atom. The van der Waals surface area contributed by atoms with Crippen molar-refractivity contribution in [3.8, 4) is 0 Å². The summed E-state index contributed by atoms with van der Waals surface area (Å²) in [5, 5.41) is 0. The van der Waals surface area contributed by atoms with E-state index < -0.39 is 0 Å². The first-order chi connectivity index (χ1) is 8.21. The smallest absolute Gasteiger partial charge is 0.246 e. The molecule has 0 unspecified atom stereocenters. The Kier molecular flexibility index (Phi) is 5.14. The first-order valence-electron chi connectivity index (χ1n) is 5.73. The van der Waals surface area contributed by atoms with Crippen LogP contribution in [0.25, 0.3) is 6.08 Å². The topological polar surface area (TPSA) is 37.4 Å². The number of carbonyl (C=O) groups is 2. The lowest BCUT2D eigenvalue weighted by Crippen LogP contribution is -2.28. The second-order valence-corrected chi connectivity index (χ2v) is 3.63. The van der Waals surface area contributed by atoms with Gasteiger partial charge in [0.25, 0.3) is 0 Å². The van der Waals surface area contributed by atoms with Crippen LogP contribution in [0.2, 0.25) is 0 Å². The molecule has 3 nitrogen and oxygen atoms in total. The van der Waals surface area contributed by atoms with Gasteiger partial charge in [0, 0.05) is 24.7 Å². The van der Waals surface area contributed by atoms with Gasteiger partial charge in [0.1, 0.15) is 6.29 Å². The molecule has 0 aliphatic heterocycles. The second kappa shape index (κ2) is 6.63. The van der Waals surface area contributed by atoms with Crippen molar-refractivity contribution in [3.05, 3.63) is 41.5 Å². The maximum Gasteiger partial charge on any atom is 0.246 e. The minimum absolute atomic E-state index is 0.00876. The van der Waals surface area contributed by atoms with E-state index in [1.54, 1.807) is 29.2 Å². The molecular weight excluding hydrogens is 214 g/mol. The van der Waals surface area contributed by atoms with E-state index in [9.17, 15) is 9.59 Å². The fourth-order valence-corrected chi connectivity index (χ4v) is 1.49. The van der Waals surface area contributed by atoms with Crippen molar-refractivity contribution in [2.75, 3.05) is 13.1 Å². The van der Waals surface area contributed by atoms with Crippen molar-refractivity contribution in [1.29, 1.82) is 0 Å². The average Bonchev–Trinajstić information content (AvgIpc) is 2.38. The third-order valence-electron chi connectivity index (χ3n) is 2.57. The highest BCUT2D eigenvalue weighted by molar-refractivity contribution is 5.91. The maximum absolute atomic E-state index is 11.7. The Labute approximate surface area is 102 Å². The molecule has 0 N–H and O–H groups in total. The van der Waals surface area contributed by atoms with Crippen LogP contribution in [0.3, 0.4) is 0 Å². The second-order valence-electron chi connectivity index (χ2n) is 3.63. The third kappa shape index (κ3) is 3.87. The number of rotatable bonds is 5. The summed E-state index contributed by atoms with van der Waals surface area (Å²) < 4.78 is 0. The Morgan fingerprint density at radius 1 is 1.12 bits per heavy atom. The van der Waals surface area contributed by atoms with Gasteiger partial charge in [-0.15, -0.1) is 0 Å². The first kappa shape index (κ1) is 13.2. The van der Waals surface area contributed by atoms with Crippen LogP contribution in [-0.2, 0) is 4.79 Å². The van der Waals surface area contributed by atoms with E-state index in [-0.39, 0.29) is 5.91 Å². The van der Waals surface area contributed by atoms with E-state index >= 15 is 0 Å². The molecule has 0 fully saturated rings. The Hall–Kier alpha value is -1.90. The Morgan fingerprint density at radius 3 is 2.12 bits per heavy atom. The Balaban J connectivity index is 2.69. The monoisotopic (exact) mass is 231 g/mol. The number of carbonyl (C=O) groups excluding carboxylic acids is 2. The molecule has 0 aliphatic rings.